The number of benzene rings is 2. The molecule has 2 amide bonds. The second-order valence-electron chi connectivity index (χ2n) is 5.84. The van der Waals surface area contributed by atoms with Gasteiger partial charge in [-0.1, -0.05) is 12.1 Å². The van der Waals surface area contributed by atoms with Gasteiger partial charge in [0.1, 0.15) is 11.4 Å². The Hall–Kier alpha value is -3.48. The van der Waals surface area contributed by atoms with E-state index in [1.165, 1.54) is 14.2 Å². The molecule has 3 rings (SSSR count). The van der Waals surface area contributed by atoms with Gasteiger partial charge in [0, 0.05) is 18.8 Å². The number of anilines is 1. The van der Waals surface area contributed by atoms with Crippen LogP contribution in [0.15, 0.2) is 48.2 Å². The van der Waals surface area contributed by atoms with Crippen molar-refractivity contribution in [2.75, 3.05) is 33.7 Å². The highest BCUT2D eigenvalue weighted by molar-refractivity contribution is 6.36. The van der Waals surface area contributed by atoms with Crippen molar-refractivity contribution in [2.24, 2.45) is 0 Å². The van der Waals surface area contributed by atoms with Crippen molar-refractivity contribution >= 4 is 23.1 Å². The van der Waals surface area contributed by atoms with Crippen LogP contribution in [0.2, 0.25) is 0 Å². The molecule has 0 aromatic heterocycles. The lowest BCUT2D eigenvalue weighted by Crippen LogP contribution is -2.27. The standard InChI is InChI=1S/C20H20N2O5/c1-22-19(23)17(12-5-8-14(25-2)9-6-12)18(20(22)24)21-13-7-10-15(26-3)16(11-13)27-4/h5-11,21H,1-4H3. The Balaban J connectivity index is 2.04. The maximum atomic E-state index is 12.6. The monoisotopic (exact) mass is 368 g/mol. The van der Waals surface area contributed by atoms with Crippen LogP contribution >= 0.6 is 0 Å². The molecule has 0 saturated heterocycles. The molecule has 27 heavy (non-hydrogen) atoms. The molecule has 1 heterocycles. The molecule has 0 atom stereocenters. The smallest absolute Gasteiger partial charge is 0.277 e. The SMILES string of the molecule is COc1ccc(C2=C(Nc3ccc(OC)c(OC)c3)C(=O)N(C)C2=O)cc1. The number of hydrogen-bond acceptors (Lipinski definition) is 6. The molecule has 0 unspecified atom stereocenters. The van der Waals surface area contributed by atoms with E-state index in [1.807, 2.05) is 0 Å². The summed E-state index contributed by atoms with van der Waals surface area (Å²) in [6.45, 7) is 0. The van der Waals surface area contributed by atoms with E-state index in [0.29, 0.717) is 34.1 Å². The summed E-state index contributed by atoms with van der Waals surface area (Å²) in [6, 6.07) is 12.1. The minimum Gasteiger partial charge on any atom is -0.497 e. The Bertz CT molecular complexity index is 918. The van der Waals surface area contributed by atoms with Gasteiger partial charge in [0.2, 0.25) is 0 Å². The van der Waals surface area contributed by atoms with Gasteiger partial charge in [0.05, 0.1) is 26.9 Å². The molecule has 0 saturated carbocycles. The van der Waals surface area contributed by atoms with Gasteiger partial charge in [-0.15, -0.1) is 0 Å². The molecule has 0 spiro atoms. The van der Waals surface area contributed by atoms with Gasteiger partial charge in [0.25, 0.3) is 11.8 Å². The predicted molar refractivity (Wildman–Crippen MR) is 101 cm³/mol. The molecular formula is C20H20N2O5. The summed E-state index contributed by atoms with van der Waals surface area (Å²) in [5.41, 5.74) is 1.74. The van der Waals surface area contributed by atoms with Crippen molar-refractivity contribution in [2.45, 2.75) is 0 Å². The highest BCUT2D eigenvalue weighted by atomic mass is 16.5. The van der Waals surface area contributed by atoms with E-state index < -0.39 is 5.91 Å². The zero-order valence-electron chi connectivity index (χ0n) is 15.5. The van der Waals surface area contributed by atoms with E-state index >= 15 is 0 Å². The fourth-order valence-electron chi connectivity index (χ4n) is 2.84. The van der Waals surface area contributed by atoms with Crippen molar-refractivity contribution in [1.29, 1.82) is 0 Å². The second kappa shape index (κ2) is 7.41. The third-order valence-corrected chi connectivity index (χ3v) is 4.32. The highest BCUT2D eigenvalue weighted by Crippen LogP contribution is 2.34. The quantitative estimate of drug-likeness (QED) is 0.790. The fraction of sp³-hybridized carbons (Fsp3) is 0.200. The van der Waals surface area contributed by atoms with Gasteiger partial charge in [-0.05, 0) is 29.8 Å². The molecule has 2 aromatic carbocycles. The van der Waals surface area contributed by atoms with Crippen LogP contribution in [0.1, 0.15) is 5.56 Å². The maximum Gasteiger partial charge on any atom is 0.277 e. The minimum absolute atomic E-state index is 0.208. The molecule has 0 radical (unpaired) electrons. The zero-order valence-corrected chi connectivity index (χ0v) is 15.5. The summed E-state index contributed by atoms with van der Waals surface area (Å²) in [4.78, 5) is 26.3. The molecule has 0 aliphatic carbocycles. The van der Waals surface area contributed by atoms with Crippen LogP contribution in [0.25, 0.3) is 5.57 Å². The minimum atomic E-state index is -0.402. The molecule has 1 aliphatic rings. The van der Waals surface area contributed by atoms with Gasteiger partial charge in [0.15, 0.2) is 11.5 Å². The highest BCUT2D eigenvalue weighted by Gasteiger charge is 2.36. The number of carbonyl (C=O) groups is 2. The second-order valence-corrected chi connectivity index (χ2v) is 5.84. The van der Waals surface area contributed by atoms with Gasteiger partial charge in [-0.3, -0.25) is 14.5 Å². The van der Waals surface area contributed by atoms with Gasteiger partial charge < -0.3 is 19.5 Å². The molecule has 7 nitrogen and oxygen atoms in total. The normalized spacial score (nSPS) is 13.9. The first-order chi connectivity index (χ1) is 13.0. The third kappa shape index (κ3) is 3.31. The van der Waals surface area contributed by atoms with Gasteiger partial charge in [-0.25, -0.2) is 0 Å². The van der Waals surface area contributed by atoms with E-state index in [9.17, 15) is 9.59 Å². The van der Waals surface area contributed by atoms with E-state index in [0.717, 1.165) is 4.90 Å². The van der Waals surface area contributed by atoms with Gasteiger partial charge >= 0.3 is 0 Å². The Morgan fingerprint density at radius 2 is 1.48 bits per heavy atom. The van der Waals surface area contributed by atoms with Crippen molar-refractivity contribution in [3.63, 3.8) is 0 Å². The molecule has 7 heteroatoms. The average Bonchev–Trinajstić information content (AvgIpc) is 2.91. The van der Waals surface area contributed by atoms with Crippen LogP contribution in [-0.4, -0.2) is 45.1 Å². The van der Waals surface area contributed by atoms with E-state index in [-0.39, 0.29) is 11.6 Å². The van der Waals surface area contributed by atoms with Crippen LogP contribution < -0.4 is 19.5 Å². The molecule has 1 N–H and O–H groups in total. The lowest BCUT2D eigenvalue weighted by molar-refractivity contribution is -0.135. The number of nitrogens with zero attached hydrogens (tertiary/aromatic N) is 1. The van der Waals surface area contributed by atoms with Crippen LogP contribution in [0.3, 0.4) is 0 Å². The third-order valence-electron chi connectivity index (χ3n) is 4.32. The number of likely N-dealkylation sites (N-methyl/N-ethyl adjacent to an activating group) is 1. The van der Waals surface area contributed by atoms with Gasteiger partial charge in [-0.2, -0.15) is 0 Å². The summed E-state index contributed by atoms with van der Waals surface area (Å²) in [5.74, 6) is 0.977. The van der Waals surface area contributed by atoms with E-state index in [4.69, 9.17) is 14.2 Å². The lowest BCUT2D eigenvalue weighted by atomic mass is 10.0. The first kappa shape index (κ1) is 18.3. The summed E-state index contributed by atoms with van der Waals surface area (Å²) >= 11 is 0. The largest absolute Gasteiger partial charge is 0.497 e. The van der Waals surface area contributed by atoms with E-state index in [2.05, 4.69) is 5.32 Å². The Morgan fingerprint density at radius 3 is 2.07 bits per heavy atom. The van der Waals surface area contributed by atoms with Crippen LogP contribution in [0, 0.1) is 0 Å². The molecular weight excluding hydrogens is 348 g/mol. The van der Waals surface area contributed by atoms with Crippen molar-refractivity contribution in [1.82, 2.24) is 4.90 Å². The number of rotatable bonds is 6. The molecule has 140 valence electrons. The van der Waals surface area contributed by atoms with Crippen LogP contribution in [0.5, 0.6) is 17.2 Å². The maximum absolute atomic E-state index is 12.6. The molecule has 0 bridgehead atoms. The number of amides is 2. The number of hydrogen-bond donors (Lipinski definition) is 1. The zero-order chi connectivity index (χ0) is 19.6. The Morgan fingerprint density at radius 1 is 0.815 bits per heavy atom. The van der Waals surface area contributed by atoms with E-state index in [1.54, 1.807) is 56.7 Å². The van der Waals surface area contributed by atoms with Crippen LogP contribution in [-0.2, 0) is 9.59 Å². The summed E-state index contributed by atoms with van der Waals surface area (Å²) in [7, 11) is 6.10. The summed E-state index contributed by atoms with van der Waals surface area (Å²) in [6.07, 6.45) is 0. The average molecular weight is 368 g/mol. The topological polar surface area (TPSA) is 77.1 Å². The number of imide groups is 1. The van der Waals surface area contributed by atoms with Crippen LogP contribution in [0.4, 0.5) is 5.69 Å². The number of ether oxygens (including phenoxy) is 3. The molecule has 1 aliphatic heterocycles. The fourth-order valence-corrected chi connectivity index (χ4v) is 2.84. The van der Waals surface area contributed by atoms with Crippen molar-refractivity contribution in [3.05, 3.63) is 53.7 Å². The number of methoxy groups -OCH3 is 3. The van der Waals surface area contributed by atoms with Crippen molar-refractivity contribution < 1.29 is 23.8 Å². The number of carbonyl (C=O) groups excluding carboxylic acids is 2. The summed E-state index contributed by atoms with van der Waals surface area (Å²) < 4.78 is 15.7. The summed E-state index contributed by atoms with van der Waals surface area (Å²) in [5, 5.41) is 3.06. The Kier molecular flexibility index (Phi) is 5.03. The predicted octanol–water partition coefficient (Wildman–Crippen LogP) is 2.53. The first-order valence-corrected chi connectivity index (χ1v) is 8.20. The first-order valence-electron chi connectivity index (χ1n) is 8.20. The number of nitrogens with one attached hydrogen (secondary N) is 1. The molecule has 0 fully saturated rings. The molecule has 2 aromatic rings. The lowest BCUT2D eigenvalue weighted by Gasteiger charge is -2.12. The Labute approximate surface area is 157 Å². The van der Waals surface area contributed by atoms with Crippen molar-refractivity contribution in [3.8, 4) is 17.2 Å².